The molecule has 0 fully saturated rings. The van der Waals surface area contributed by atoms with Crippen molar-refractivity contribution in [2.45, 2.75) is 26.4 Å². The normalized spacial score (nSPS) is 11.6. The number of hydrogen-bond donors (Lipinski definition) is 0. The van der Waals surface area contributed by atoms with E-state index in [0.29, 0.717) is 18.1 Å². The Hall–Kier alpha value is -2.29. The zero-order valence-corrected chi connectivity index (χ0v) is 18.0. The van der Waals surface area contributed by atoms with Gasteiger partial charge in [0.1, 0.15) is 16.5 Å². The molecule has 28 heavy (non-hydrogen) atoms. The summed E-state index contributed by atoms with van der Waals surface area (Å²) in [6, 6.07) is 13.5. The van der Waals surface area contributed by atoms with Crippen LogP contribution in [0.3, 0.4) is 0 Å². The lowest BCUT2D eigenvalue weighted by molar-refractivity contribution is 0.286. The SMILES string of the molecule is CCc1nn2c(=O)cc(CN(C)Cc3ccc(-c4ccc(Br)cc4)o3)nc2s1. The van der Waals surface area contributed by atoms with Crippen molar-refractivity contribution in [1.82, 2.24) is 19.5 Å². The number of aryl methyl sites for hydroxylation is 1. The predicted octanol–water partition coefficient (Wildman–Crippen LogP) is 4.37. The molecule has 0 saturated carbocycles. The third-order valence-electron chi connectivity index (χ3n) is 4.29. The van der Waals surface area contributed by atoms with Gasteiger partial charge in [0.2, 0.25) is 4.96 Å². The fourth-order valence-electron chi connectivity index (χ4n) is 2.95. The van der Waals surface area contributed by atoms with Gasteiger partial charge in [-0.25, -0.2) is 4.98 Å². The van der Waals surface area contributed by atoms with Crippen LogP contribution in [0.15, 0.2) is 56.1 Å². The smallest absolute Gasteiger partial charge is 0.275 e. The molecule has 3 aromatic heterocycles. The molecule has 0 saturated heterocycles. The molecule has 0 N–H and O–H groups in total. The molecule has 0 aliphatic carbocycles. The molecule has 4 rings (SSSR count). The van der Waals surface area contributed by atoms with Crippen molar-refractivity contribution in [3.8, 4) is 11.3 Å². The lowest BCUT2D eigenvalue weighted by Gasteiger charge is -2.14. The van der Waals surface area contributed by atoms with Gasteiger partial charge in [-0.15, -0.1) is 0 Å². The summed E-state index contributed by atoms with van der Waals surface area (Å²) < 4.78 is 8.39. The number of rotatable bonds is 6. The van der Waals surface area contributed by atoms with Crippen LogP contribution in [0.1, 0.15) is 23.4 Å². The topological polar surface area (TPSA) is 63.6 Å². The van der Waals surface area contributed by atoms with E-state index in [0.717, 1.165) is 38.7 Å². The minimum absolute atomic E-state index is 0.139. The second kappa shape index (κ2) is 7.98. The number of hydrogen-bond acceptors (Lipinski definition) is 6. The number of nitrogens with zero attached hydrogens (tertiary/aromatic N) is 4. The number of furan rings is 1. The molecule has 0 spiro atoms. The van der Waals surface area contributed by atoms with Gasteiger partial charge >= 0.3 is 0 Å². The monoisotopic (exact) mass is 458 g/mol. The highest BCUT2D eigenvalue weighted by atomic mass is 79.9. The molecule has 0 bridgehead atoms. The molecule has 3 heterocycles. The van der Waals surface area contributed by atoms with Crippen molar-refractivity contribution < 1.29 is 4.42 Å². The molecular formula is C20H19BrN4O2S. The lowest BCUT2D eigenvalue weighted by Crippen LogP contribution is -2.21. The van der Waals surface area contributed by atoms with Crippen molar-refractivity contribution >= 4 is 32.2 Å². The zero-order valence-electron chi connectivity index (χ0n) is 15.6. The largest absolute Gasteiger partial charge is 0.460 e. The molecule has 0 atom stereocenters. The Balaban J connectivity index is 1.47. The van der Waals surface area contributed by atoms with E-state index in [1.165, 1.54) is 15.9 Å². The predicted molar refractivity (Wildman–Crippen MR) is 114 cm³/mol. The first kappa shape index (κ1) is 19.0. The molecule has 144 valence electrons. The number of halogens is 1. The highest BCUT2D eigenvalue weighted by Crippen LogP contribution is 2.24. The lowest BCUT2D eigenvalue weighted by atomic mass is 10.2. The molecule has 8 heteroatoms. The first-order valence-corrected chi connectivity index (χ1v) is 10.5. The van der Waals surface area contributed by atoms with Gasteiger partial charge < -0.3 is 4.42 Å². The van der Waals surface area contributed by atoms with Crippen LogP contribution in [0, 0.1) is 0 Å². The first-order valence-electron chi connectivity index (χ1n) is 8.93. The molecule has 4 aromatic rings. The van der Waals surface area contributed by atoms with Crippen LogP contribution in [0.25, 0.3) is 16.3 Å². The van der Waals surface area contributed by atoms with E-state index in [-0.39, 0.29) is 5.56 Å². The van der Waals surface area contributed by atoms with Crippen LogP contribution < -0.4 is 5.56 Å². The van der Waals surface area contributed by atoms with E-state index in [1.54, 1.807) is 6.07 Å². The Labute approximate surface area is 174 Å². The van der Waals surface area contributed by atoms with Crippen molar-refractivity contribution in [3.63, 3.8) is 0 Å². The van der Waals surface area contributed by atoms with Gasteiger partial charge in [-0.05, 0) is 37.7 Å². The van der Waals surface area contributed by atoms with Gasteiger partial charge in [0, 0.05) is 22.6 Å². The van der Waals surface area contributed by atoms with E-state index in [2.05, 4.69) is 30.9 Å². The van der Waals surface area contributed by atoms with Gasteiger partial charge in [-0.3, -0.25) is 9.69 Å². The molecule has 0 aliphatic rings. The van der Waals surface area contributed by atoms with E-state index in [9.17, 15) is 4.79 Å². The van der Waals surface area contributed by atoms with Gasteiger partial charge in [-0.2, -0.15) is 9.61 Å². The second-order valence-electron chi connectivity index (χ2n) is 6.57. The van der Waals surface area contributed by atoms with Crippen LogP contribution in [0.4, 0.5) is 0 Å². The van der Waals surface area contributed by atoms with Crippen LogP contribution >= 0.6 is 27.3 Å². The number of aromatic nitrogens is 3. The maximum atomic E-state index is 12.3. The van der Waals surface area contributed by atoms with Gasteiger partial charge in [-0.1, -0.05) is 46.3 Å². The highest BCUT2D eigenvalue weighted by molar-refractivity contribution is 9.10. The number of benzene rings is 1. The summed E-state index contributed by atoms with van der Waals surface area (Å²) in [6.07, 6.45) is 0.794. The number of fused-ring (bicyclic) bond motifs is 1. The van der Waals surface area contributed by atoms with E-state index < -0.39 is 0 Å². The second-order valence-corrected chi connectivity index (χ2v) is 8.53. The summed E-state index contributed by atoms with van der Waals surface area (Å²) in [5.74, 6) is 1.70. The maximum Gasteiger partial charge on any atom is 0.275 e. The summed E-state index contributed by atoms with van der Waals surface area (Å²) in [4.78, 5) is 19.6. The van der Waals surface area contributed by atoms with Crippen LogP contribution in [0.5, 0.6) is 0 Å². The average molecular weight is 459 g/mol. The van der Waals surface area contributed by atoms with Gasteiger partial charge in [0.05, 0.1) is 12.2 Å². The zero-order chi connectivity index (χ0) is 19.7. The molecule has 0 aliphatic heterocycles. The summed E-state index contributed by atoms with van der Waals surface area (Å²) in [5, 5.41) is 5.19. The highest BCUT2D eigenvalue weighted by Gasteiger charge is 2.12. The van der Waals surface area contributed by atoms with Gasteiger partial charge in [0.15, 0.2) is 0 Å². The van der Waals surface area contributed by atoms with Crippen molar-refractivity contribution in [2.24, 2.45) is 0 Å². The quantitative estimate of drug-likeness (QED) is 0.429. The van der Waals surface area contributed by atoms with E-state index >= 15 is 0 Å². The van der Waals surface area contributed by atoms with Crippen molar-refractivity contribution in [1.29, 1.82) is 0 Å². The standard InChI is InChI=1S/C20H19BrN4O2S/c1-3-18-23-25-19(26)10-15(22-20(25)28-18)11-24(2)12-16-8-9-17(27-16)13-4-6-14(21)7-5-13/h4-10H,3,11-12H2,1-2H3. The average Bonchev–Trinajstić information content (AvgIpc) is 3.29. The maximum absolute atomic E-state index is 12.3. The molecule has 6 nitrogen and oxygen atoms in total. The van der Waals surface area contributed by atoms with Crippen molar-refractivity contribution in [2.75, 3.05) is 7.05 Å². The first-order chi connectivity index (χ1) is 13.5. The van der Waals surface area contributed by atoms with Crippen LogP contribution in [-0.2, 0) is 19.5 Å². The molecule has 0 radical (unpaired) electrons. The molecule has 0 amide bonds. The Bertz CT molecular complexity index is 1160. The fraction of sp³-hybridized carbons (Fsp3) is 0.250. The Morgan fingerprint density at radius 3 is 2.71 bits per heavy atom. The van der Waals surface area contributed by atoms with E-state index in [1.807, 2.05) is 50.4 Å². The Morgan fingerprint density at radius 1 is 1.18 bits per heavy atom. The summed E-state index contributed by atoms with van der Waals surface area (Å²) in [6.45, 7) is 3.20. The summed E-state index contributed by atoms with van der Waals surface area (Å²) in [5.41, 5.74) is 1.63. The third kappa shape index (κ3) is 4.09. The third-order valence-corrected chi connectivity index (χ3v) is 5.87. The minimum atomic E-state index is -0.139. The van der Waals surface area contributed by atoms with Crippen LogP contribution in [-0.4, -0.2) is 26.5 Å². The molecule has 0 unspecified atom stereocenters. The van der Waals surface area contributed by atoms with Gasteiger partial charge in [0.25, 0.3) is 5.56 Å². The molecular weight excluding hydrogens is 440 g/mol. The fourth-order valence-corrected chi connectivity index (χ4v) is 4.07. The van der Waals surface area contributed by atoms with Crippen molar-refractivity contribution in [3.05, 3.63) is 73.8 Å². The minimum Gasteiger partial charge on any atom is -0.460 e. The Kier molecular flexibility index (Phi) is 5.43. The molecule has 1 aromatic carbocycles. The van der Waals surface area contributed by atoms with E-state index in [4.69, 9.17) is 4.42 Å². The Morgan fingerprint density at radius 2 is 1.96 bits per heavy atom. The summed E-state index contributed by atoms with van der Waals surface area (Å²) >= 11 is 4.90. The van der Waals surface area contributed by atoms with Crippen LogP contribution in [0.2, 0.25) is 0 Å². The summed E-state index contributed by atoms with van der Waals surface area (Å²) in [7, 11) is 1.98.